The number of ether oxygens (including phenoxy) is 2. The lowest BCUT2D eigenvalue weighted by Gasteiger charge is -2.24. The van der Waals surface area contributed by atoms with Crippen molar-refractivity contribution in [1.82, 2.24) is 9.97 Å². The first-order valence-corrected chi connectivity index (χ1v) is 16.3. The largest absolute Gasteiger partial charge is 0.493 e. The zero-order valence-corrected chi connectivity index (χ0v) is 25.8. The van der Waals surface area contributed by atoms with Gasteiger partial charge in [-0.15, -0.1) is 0 Å². The molecule has 0 amide bonds. The number of hydrogen-bond donors (Lipinski definition) is 0. The van der Waals surface area contributed by atoms with Crippen LogP contribution in [0.1, 0.15) is 127 Å². The van der Waals surface area contributed by atoms with Crippen molar-refractivity contribution >= 4 is 34.4 Å². The lowest BCUT2D eigenvalue weighted by molar-refractivity contribution is 0.265. The van der Waals surface area contributed by atoms with Gasteiger partial charge < -0.3 is 18.3 Å². The van der Waals surface area contributed by atoms with Gasteiger partial charge in [0.05, 0.1) is 13.2 Å². The molecule has 6 heteroatoms. The summed E-state index contributed by atoms with van der Waals surface area (Å²) in [4.78, 5) is 9.61. The Morgan fingerprint density at radius 3 is 1.43 bits per heavy atom. The molecule has 0 N–H and O–H groups in total. The fourth-order valence-corrected chi connectivity index (χ4v) is 6.49. The van der Waals surface area contributed by atoms with Gasteiger partial charge in [-0.3, -0.25) is 0 Å². The smallest absolute Gasteiger partial charge is 0.220 e. The predicted molar refractivity (Wildman–Crippen MR) is 169 cm³/mol. The Morgan fingerprint density at radius 2 is 1.05 bits per heavy atom. The lowest BCUT2D eigenvalue weighted by atomic mass is 9.83. The van der Waals surface area contributed by atoms with E-state index in [9.17, 15) is 0 Å². The summed E-state index contributed by atoms with van der Waals surface area (Å²) in [5.41, 5.74) is 5.77. The van der Waals surface area contributed by atoms with Gasteiger partial charge in [0.2, 0.25) is 11.8 Å². The summed E-state index contributed by atoms with van der Waals surface area (Å²) in [6.45, 7) is 10.1. The van der Waals surface area contributed by atoms with Crippen molar-refractivity contribution in [3.8, 4) is 11.5 Å². The average molecular weight is 571 g/mol. The molecule has 0 aliphatic heterocycles. The van der Waals surface area contributed by atoms with Crippen molar-refractivity contribution in [2.75, 3.05) is 13.2 Å². The normalized spacial score (nSPS) is 17.4. The molecule has 0 saturated heterocycles. The third kappa shape index (κ3) is 6.68. The monoisotopic (exact) mass is 570 g/mol. The van der Waals surface area contributed by atoms with Gasteiger partial charge in [-0.05, 0) is 72.6 Å². The fraction of sp³-hybridized carbons (Fsp3) is 0.556. The molecule has 0 unspecified atom stereocenters. The first kappa shape index (κ1) is 28.8. The van der Waals surface area contributed by atoms with E-state index in [-0.39, 0.29) is 0 Å². The number of benzene rings is 2. The van der Waals surface area contributed by atoms with Gasteiger partial charge in [-0.25, -0.2) is 9.97 Å². The van der Waals surface area contributed by atoms with Crippen LogP contribution in [0.5, 0.6) is 11.5 Å². The van der Waals surface area contributed by atoms with Gasteiger partial charge in [-0.2, -0.15) is 0 Å². The van der Waals surface area contributed by atoms with Crippen molar-refractivity contribution in [2.45, 2.75) is 104 Å². The van der Waals surface area contributed by atoms with Crippen LogP contribution in [0, 0.1) is 11.8 Å². The molecule has 2 aliphatic rings. The molecule has 2 heterocycles. The maximum Gasteiger partial charge on any atom is 0.220 e. The summed E-state index contributed by atoms with van der Waals surface area (Å²) < 4.78 is 24.9. The molecule has 2 fully saturated rings. The summed E-state index contributed by atoms with van der Waals surface area (Å²) in [7, 11) is 0. The second kappa shape index (κ2) is 12.9. The highest BCUT2D eigenvalue weighted by molar-refractivity contribution is 5.80. The molecule has 2 saturated carbocycles. The molecule has 2 aromatic heterocycles. The summed E-state index contributed by atoms with van der Waals surface area (Å²) in [5.74, 6) is 4.92. The third-order valence-electron chi connectivity index (χ3n) is 8.68. The number of aromatic nitrogens is 2. The highest BCUT2D eigenvalue weighted by Crippen LogP contribution is 2.41. The van der Waals surface area contributed by atoms with Crippen LogP contribution in [0.25, 0.3) is 34.4 Å². The van der Waals surface area contributed by atoms with Gasteiger partial charge in [0, 0.05) is 24.3 Å². The Labute approximate surface area is 249 Å². The van der Waals surface area contributed by atoms with E-state index in [0.717, 1.165) is 33.7 Å². The van der Waals surface area contributed by atoms with Crippen LogP contribution in [-0.2, 0) is 0 Å². The number of hydrogen-bond acceptors (Lipinski definition) is 6. The molecule has 0 bridgehead atoms. The van der Waals surface area contributed by atoms with Crippen molar-refractivity contribution in [3.63, 3.8) is 0 Å². The molecule has 42 heavy (non-hydrogen) atoms. The van der Waals surface area contributed by atoms with Gasteiger partial charge in [0.1, 0.15) is 22.5 Å². The molecular weight excluding hydrogens is 524 g/mol. The Balaban J connectivity index is 1.27. The van der Waals surface area contributed by atoms with Gasteiger partial charge in [-0.1, -0.05) is 66.2 Å². The van der Waals surface area contributed by atoms with Crippen LogP contribution < -0.4 is 9.47 Å². The third-order valence-corrected chi connectivity index (χ3v) is 8.68. The first-order chi connectivity index (χ1) is 20.4. The van der Waals surface area contributed by atoms with Crippen molar-refractivity contribution < 1.29 is 18.3 Å². The minimum Gasteiger partial charge on any atom is -0.493 e. The minimum atomic E-state index is 0.459. The molecule has 2 aliphatic carbocycles. The summed E-state index contributed by atoms with van der Waals surface area (Å²) in [6.07, 6.45) is 16.3. The number of oxazole rings is 2. The van der Waals surface area contributed by atoms with E-state index in [2.05, 4.69) is 39.8 Å². The second-order valence-corrected chi connectivity index (χ2v) is 13.2. The SMILES string of the molecule is CC(C)COc1cc2oc(C=Cc3nc4cc(C5CCCCC5)c(OCC(C)C)cc4o3)nc2cc1C1CCCCC1. The summed E-state index contributed by atoms with van der Waals surface area (Å²) in [6, 6.07) is 8.45. The van der Waals surface area contributed by atoms with E-state index in [4.69, 9.17) is 28.3 Å². The Bertz CT molecular complexity index is 1400. The van der Waals surface area contributed by atoms with E-state index >= 15 is 0 Å². The molecule has 0 atom stereocenters. The van der Waals surface area contributed by atoms with E-state index in [1.807, 2.05) is 24.3 Å². The van der Waals surface area contributed by atoms with Gasteiger partial charge in [0.25, 0.3) is 0 Å². The zero-order chi connectivity index (χ0) is 29.1. The average Bonchev–Trinajstić information content (AvgIpc) is 3.60. The van der Waals surface area contributed by atoms with Crippen LogP contribution in [0.2, 0.25) is 0 Å². The molecule has 224 valence electrons. The van der Waals surface area contributed by atoms with Crippen molar-refractivity contribution in [1.29, 1.82) is 0 Å². The van der Waals surface area contributed by atoms with E-state index in [1.165, 1.54) is 75.3 Å². The molecule has 6 nitrogen and oxygen atoms in total. The van der Waals surface area contributed by atoms with Crippen molar-refractivity contribution in [2.24, 2.45) is 11.8 Å². The van der Waals surface area contributed by atoms with Crippen LogP contribution >= 0.6 is 0 Å². The molecule has 0 radical (unpaired) electrons. The zero-order valence-electron chi connectivity index (χ0n) is 25.8. The maximum absolute atomic E-state index is 6.28. The summed E-state index contributed by atoms with van der Waals surface area (Å²) >= 11 is 0. The van der Waals surface area contributed by atoms with Crippen LogP contribution in [0.15, 0.2) is 33.1 Å². The Hall–Kier alpha value is -3.28. The Kier molecular flexibility index (Phi) is 8.87. The number of nitrogens with zero attached hydrogens (tertiary/aromatic N) is 2. The van der Waals surface area contributed by atoms with E-state index in [1.54, 1.807) is 0 Å². The maximum atomic E-state index is 6.28. The first-order valence-electron chi connectivity index (χ1n) is 16.3. The van der Waals surface area contributed by atoms with E-state index in [0.29, 0.717) is 48.7 Å². The highest BCUT2D eigenvalue weighted by Gasteiger charge is 2.23. The molecule has 0 spiro atoms. The van der Waals surface area contributed by atoms with Gasteiger partial charge >= 0.3 is 0 Å². The number of rotatable bonds is 10. The molecule has 4 aromatic rings. The van der Waals surface area contributed by atoms with Crippen LogP contribution in [-0.4, -0.2) is 23.2 Å². The topological polar surface area (TPSA) is 70.5 Å². The molecule has 6 rings (SSSR count). The highest BCUT2D eigenvalue weighted by atomic mass is 16.5. The lowest BCUT2D eigenvalue weighted by Crippen LogP contribution is -2.10. The standard InChI is InChI=1S/C36H46N2O4/c1-23(2)21-39-31-19-33-29(17-27(31)25-11-7-5-8-12-25)37-35(41-33)15-16-36-38-30-18-28(26-13-9-6-10-14-26)32(20-34(30)42-36)40-22-24(3)4/h15-20,23-26H,5-14,21-22H2,1-4H3. The minimum absolute atomic E-state index is 0.459. The fourth-order valence-electron chi connectivity index (χ4n) is 6.49. The Morgan fingerprint density at radius 1 is 0.643 bits per heavy atom. The van der Waals surface area contributed by atoms with Crippen LogP contribution in [0.3, 0.4) is 0 Å². The number of fused-ring (bicyclic) bond motifs is 2. The predicted octanol–water partition coefficient (Wildman–Crippen LogP) is 10.3. The van der Waals surface area contributed by atoms with Crippen molar-refractivity contribution in [3.05, 3.63) is 47.2 Å². The van der Waals surface area contributed by atoms with Gasteiger partial charge in [0.15, 0.2) is 11.2 Å². The second-order valence-electron chi connectivity index (χ2n) is 13.2. The van der Waals surface area contributed by atoms with E-state index < -0.39 is 0 Å². The quantitative estimate of drug-likeness (QED) is 0.189. The van der Waals surface area contributed by atoms with Crippen LogP contribution in [0.4, 0.5) is 0 Å². The molecule has 2 aromatic carbocycles. The summed E-state index contributed by atoms with van der Waals surface area (Å²) in [5, 5.41) is 0. The molecular formula is C36H46N2O4.